The molecule has 31 heavy (non-hydrogen) atoms. The third-order valence-corrected chi connectivity index (χ3v) is 6.46. The van der Waals surface area contributed by atoms with Gasteiger partial charge in [-0.15, -0.1) is 0 Å². The van der Waals surface area contributed by atoms with Crippen LogP contribution in [-0.2, 0) is 15.8 Å². The monoisotopic (exact) mass is 428 g/mol. The van der Waals surface area contributed by atoms with Crippen LogP contribution < -0.4 is 4.90 Å². The zero-order valence-electron chi connectivity index (χ0n) is 15.9. The van der Waals surface area contributed by atoms with Crippen molar-refractivity contribution in [2.45, 2.75) is 12.6 Å². The highest BCUT2D eigenvalue weighted by Gasteiger charge is 2.61. The molecule has 2 fully saturated rings. The van der Waals surface area contributed by atoms with Gasteiger partial charge in [0.1, 0.15) is 5.56 Å². The number of nitrogens with zero attached hydrogens (tertiary/aromatic N) is 2. The summed E-state index contributed by atoms with van der Waals surface area (Å²) in [6, 6.07) is 11.7. The molecule has 0 N–H and O–H groups in total. The molecule has 158 valence electrons. The zero-order valence-corrected chi connectivity index (χ0v) is 15.9. The van der Waals surface area contributed by atoms with Gasteiger partial charge in [0.25, 0.3) is 5.69 Å². The van der Waals surface area contributed by atoms with Gasteiger partial charge >= 0.3 is 6.18 Å². The van der Waals surface area contributed by atoms with Gasteiger partial charge in [-0.05, 0) is 41.5 Å². The largest absolute Gasteiger partial charge is 0.423 e. The van der Waals surface area contributed by atoms with Crippen LogP contribution in [0.1, 0.15) is 17.5 Å². The van der Waals surface area contributed by atoms with E-state index in [0.29, 0.717) is 18.6 Å². The van der Waals surface area contributed by atoms with Gasteiger partial charge in [-0.25, -0.2) is 4.90 Å². The average molecular weight is 428 g/mol. The van der Waals surface area contributed by atoms with Crippen LogP contribution in [0.3, 0.4) is 0 Å². The number of benzene rings is 2. The van der Waals surface area contributed by atoms with E-state index in [9.17, 15) is 32.9 Å². The van der Waals surface area contributed by atoms with E-state index < -0.39 is 46.0 Å². The topological polar surface area (TPSA) is 80.5 Å². The van der Waals surface area contributed by atoms with Gasteiger partial charge in [0.15, 0.2) is 0 Å². The third-order valence-electron chi connectivity index (χ3n) is 6.46. The molecule has 2 aromatic carbocycles. The molecule has 2 aliphatic carbocycles. The van der Waals surface area contributed by atoms with Crippen molar-refractivity contribution >= 4 is 28.8 Å². The Morgan fingerprint density at radius 1 is 1.00 bits per heavy atom. The van der Waals surface area contributed by atoms with Crippen LogP contribution in [0.5, 0.6) is 0 Å². The number of amides is 2. The SMILES string of the molecule is O=C1[C@@H]2[C@H](C(=O)N1c1ccc([N+](=O)[O-])c(C(F)(F)F)c1)[C@H]1C[C@@H]2C=C1c1ccccc1. The molecule has 0 aromatic heterocycles. The Morgan fingerprint density at radius 2 is 1.68 bits per heavy atom. The number of hydrogen-bond donors (Lipinski definition) is 0. The van der Waals surface area contributed by atoms with Gasteiger partial charge in [-0.3, -0.25) is 19.7 Å². The van der Waals surface area contributed by atoms with E-state index in [1.165, 1.54) is 0 Å². The number of rotatable bonds is 3. The standard InChI is InChI=1S/C22H15F3N2O4/c23-22(24,25)16-10-13(6-7-17(16)27(30)31)26-20(28)18-12-8-14(11-4-2-1-3-5-11)15(9-12)19(18)21(26)29/h1-8,10,12,15,18-19H,9H2/t12-,15-,18-,19+/m0/s1. The second-order valence-corrected chi connectivity index (χ2v) is 8.01. The molecule has 2 aromatic rings. The number of carbonyl (C=O) groups excluding carboxylic acids is 2. The fourth-order valence-corrected chi connectivity index (χ4v) is 5.26. The molecule has 0 radical (unpaired) electrons. The maximum atomic E-state index is 13.4. The van der Waals surface area contributed by atoms with Crippen LogP contribution in [0.4, 0.5) is 24.5 Å². The van der Waals surface area contributed by atoms with Crippen molar-refractivity contribution in [3.05, 3.63) is 75.8 Å². The maximum absolute atomic E-state index is 13.4. The quantitative estimate of drug-likeness (QED) is 0.411. The Balaban J connectivity index is 1.52. The number of anilines is 1. The number of halogens is 3. The second kappa shape index (κ2) is 6.50. The van der Waals surface area contributed by atoms with Crippen molar-refractivity contribution in [1.29, 1.82) is 0 Å². The Kier molecular flexibility index (Phi) is 4.08. The minimum atomic E-state index is -5.00. The number of hydrogen-bond acceptors (Lipinski definition) is 4. The summed E-state index contributed by atoms with van der Waals surface area (Å²) in [6.45, 7) is 0. The van der Waals surface area contributed by atoms with E-state index in [0.717, 1.165) is 22.1 Å². The summed E-state index contributed by atoms with van der Waals surface area (Å²) in [4.78, 5) is 36.9. The second-order valence-electron chi connectivity index (χ2n) is 8.01. The number of nitro benzene ring substituents is 1. The highest BCUT2D eigenvalue weighted by molar-refractivity contribution is 6.23. The molecule has 6 nitrogen and oxygen atoms in total. The molecule has 4 atom stereocenters. The number of nitro groups is 1. The number of carbonyl (C=O) groups is 2. The summed E-state index contributed by atoms with van der Waals surface area (Å²) < 4.78 is 40.1. The van der Waals surface area contributed by atoms with Crippen molar-refractivity contribution in [3.63, 3.8) is 0 Å². The summed E-state index contributed by atoms with van der Waals surface area (Å²) in [5.41, 5.74) is -0.957. The van der Waals surface area contributed by atoms with Crippen LogP contribution in [0.2, 0.25) is 0 Å². The molecule has 2 amide bonds. The van der Waals surface area contributed by atoms with Crippen LogP contribution in [0, 0.1) is 33.8 Å². The summed E-state index contributed by atoms with van der Waals surface area (Å²) in [5, 5.41) is 11.0. The third kappa shape index (κ3) is 2.79. The van der Waals surface area contributed by atoms with E-state index in [1.807, 2.05) is 36.4 Å². The normalized spacial score (nSPS) is 26.9. The lowest BCUT2D eigenvalue weighted by atomic mass is 9.79. The molecular weight excluding hydrogens is 413 g/mol. The van der Waals surface area contributed by atoms with Crippen molar-refractivity contribution in [3.8, 4) is 0 Å². The summed E-state index contributed by atoms with van der Waals surface area (Å²) in [7, 11) is 0. The van der Waals surface area contributed by atoms with Crippen LogP contribution in [0.15, 0.2) is 54.6 Å². The smallest absolute Gasteiger partial charge is 0.274 e. The summed E-state index contributed by atoms with van der Waals surface area (Å²) in [5.74, 6) is -2.69. The highest BCUT2D eigenvalue weighted by atomic mass is 19.4. The number of alkyl halides is 3. The highest BCUT2D eigenvalue weighted by Crippen LogP contribution is 2.58. The van der Waals surface area contributed by atoms with Gasteiger partial charge in [-0.2, -0.15) is 13.2 Å². The van der Waals surface area contributed by atoms with Crippen molar-refractivity contribution in [2.24, 2.45) is 23.7 Å². The van der Waals surface area contributed by atoms with Gasteiger partial charge in [0, 0.05) is 6.07 Å². The predicted molar refractivity (Wildman–Crippen MR) is 104 cm³/mol. The van der Waals surface area contributed by atoms with E-state index >= 15 is 0 Å². The molecule has 5 rings (SSSR count). The van der Waals surface area contributed by atoms with Gasteiger partial charge in [-0.1, -0.05) is 36.4 Å². The lowest BCUT2D eigenvalue weighted by Gasteiger charge is -2.22. The first-order chi connectivity index (χ1) is 14.7. The first-order valence-corrected chi connectivity index (χ1v) is 9.69. The van der Waals surface area contributed by atoms with Crippen molar-refractivity contribution in [2.75, 3.05) is 4.90 Å². The van der Waals surface area contributed by atoms with Gasteiger partial charge < -0.3 is 0 Å². The van der Waals surface area contributed by atoms with Crippen LogP contribution >= 0.6 is 0 Å². The molecular formula is C22H15F3N2O4. The van der Waals surface area contributed by atoms with E-state index in [4.69, 9.17) is 0 Å². The summed E-state index contributed by atoms with van der Waals surface area (Å²) in [6.07, 6.45) is -2.35. The Labute approximate surface area is 174 Å². The first-order valence-electron chi connectivity index (χ1n) is 9.69. The fraction of sp³-hybridized carbons (Fsp3) is 0.273. The minimum Gasteiger partial charge on any atom is -0.274 e. The van der Waals surface area contributed by atoms with E-state index in [2.05, 4.69) is 0 Å². The molecule has 1 heterocycles. The first kappa shape index (κ1) is 19.5. The van der Waals surface area contributed by atoms with Crippen LogP contribution in [0.25, 0.3) is 5.57 Å². The molecule has 2 bridgehead atoms. The van der Waals surface area contributed by atoms with Crippen LogP contribution in [-0.4, -0.2) is 16.7 Å². The molecule has 0 spiro atoms. The molecule has 0 unspecified atom stereocenters. The van der Waals surface area contributed by atoms with Crippen molar-refractivity contribution in [1.82, 2.24) is 0 Å². The lowest BCUT2D eigenvalue weighted by Crippen LogP contribution is -2.33. The van der Waals surface area contributed by atoms with Gasteiger partial charge in [0.05, 0.1) is 22.4 Å². The van der Waals surface area contributed by atoms with Gasteiger partial charge in [0.2, 0.25) is 11.8 Å². The van der Waals surface area contributed by atoms with Crippen molar-refractivity contribution < 1.29 is 27.7 Å². The Morgan fingerprint density at radius 3 is 2.32 bits per heavy atom. The maximum Gasteiger partial charge on any atom is 0.423 e. The zero-order chi connectivity index (χ0) is 22.1. The molecule has 3 aliphatic rings. The fourth-order valence-electron chi connectivity index (χ4n) is 5.26. The summed E-state index contributed by atoms with van der Waals surface area (Å²) >= 11 is 0. The minimum absolute atomic E-state index is 0.160. The molecule has 1 saturated heterocycles. The van der Waals surface area contributed by atoms with E-state index in [1.54, 1.807) is 0 Å². The molecule has 1 aliphatic heterocycles. The average Bonchev–Trinajstić information content (AvgIpc) is 3.39. The van der Waals surface area contributed by atoms with E-state index in [-0.39, 0.29) is 17.5 Å². The lowest BCUT2D eigenvalue weighted by molar-refractivity contribution is -0.388. The number of allylic oxidation sites excluding steroid dienone is 2. The number of fused-ring (bicyclic) bond motifs is 5. The predicted octanol–water partition coefficient (Wildman–Crippen LogP) is 4.45. The Hall–Kier alpha value is -3.49. The number of imide groups is 1. The molecule has 9 heteroatoms. The molecule has 1 saturated carbocycles. The Bertz CT molecular complexity index is 1160.